The van der Waals surface area contributed by atoms with Gasteiger partial charge in [-0.25, -0.2) is 0 Å². The molecule has 4 nitrogen and oxygen atoms in total. The fraction of sp³-hybridized carbons (Fsp3) is 0.600. The number of methoxy groups -OCH3 is 1. The molecule has 1 aromatic rings. The van der Waals surface area contributed by atoms with Gasteiger partial charge in [0.15, 0.2) is 0 Å². The summed E-state index contributed by atoms with van der Waals surface area (Å²) in [6, 6.07) is 6.21. The highest BCUT2D eigenvalue weighted by Crippen LogP contribution is 2.28. The summed E-state index contributed by atoms with van der Waals surface area (Å²) in [4.78, 5) is 2.40. The van der Waals surface area contributed by atoms with Gasteiger partial charge in [0.1, 0.15) is 0 Å². The van der Waals surface area contributed by atoms with E-state index in [2.05, 4.69) is 17.0 Å². The Morgan fingerprint density at radius 1 is 1.26 bits per heavy atom. The van der Waals surface area contributed by atoms with Crippen molar-refractivity contribution in [2.24, 2.45) is 0 Å². The molecule has 0 aliphatic carbocycles. The number of aryl methyl sites for hydroxylation is 1. The lowest BCUT2D eigenvalue weighted by atomic mass is 10.0. The fourth-order valence-electron chi connectivity index (χ4n) is 2.51. The summed E-state index contributed by atoms with van der Waals surface area (Å²) >= 11 is 0. The highest BCUT2D eigenvalue weighted by molar-refractivity contribution is 5.61. The van der Waals surface area contributed by atoms with Crippen LogP contribution in [0.4, 0.5) is 11.4 Å². The minimum atomic E-state index is 0.770. The number of nitrogens with two attached hydrogens (primary N) is 1. The van der Waals surface area contributed by atoms with E-state index in [0.29, 0.717) is 0 Å². The van der Waals surface area contributed by atoms with Gasteiger partial charge in [-0.3, -0.25) is 0 Å². The zero-order valence-electron chi connectivity index (χ0n) is 11.7. The van der Waals surface area contributed by atoms with Gasteiger partial charge < -0.3 is 20.1 Å². The molecule has 1 aromatic carbocycles. The van der Waals surface area contributed by atoms with Crippen molar-refractivity contribution in [3.8, 4) is 0 Å². The molecule has 0 aromatic heterocycles. The van der Waals surface area contributed by atoms with E-state index < -0.39 is 0 Å². The van der Waals surface area contributed by atoms with E-state index in [4.69, 9.17) is 15.2 Å². The molecule has 1 heterocycles. The van der Waals surface area contributed by atoms with E-state index in [1.165, 1.54) is 17.7 Å². The topological polar surface area (TPSA) is 47.7 Å². The largest absolute Gasteiger partial charge is 0.399 e. The molecule has 0 amide bonds. The van der Waals surface area contributed by atoms with Gasteiger partial charge in [0.2, 0.25) is 0 Å². The molecule has 0 unspecified atom stereocenters. The monoisotopic (exact) mass is 264 g/mol. The number of ether oxygens (including phenoxy) is 2. The van der Waals surface area contributed by atoms with Crippen molar-refractivity contribution in [1.82, 2.24) is 0 Å². The molecule has 4 heteroatoms. The first kappa shape index (κ1) is 14.2. The fourth-order valence-corrected chi connectivity index (χ4v) is 2.51. The summed E-state index contributed by atoms with van der Waals surface area (Å²) in [5.74, 6) is 0. The lowest BCUT2D eigenvalue weighted by Crippen LogP contribution is -2.32. The van der Waals surface area contributed by atoms with Crippen LogP contribution in [0.1, 0.15) is 18.4 Å². The Bertz CT molecular complexity index is 396. The Kier molecular flexibility index (Phi) is 5.48. The highest BCUT2D eigenvalue weighted by Gasteiger charge is 2.16. The highest BCUT2D eigenvalue weighted by atomic mass is 16.5. The molecule has 2 rings (SSSR count). The van der Waals surface area contributed by atoms with Gasteiger partial charge in [0, 0.05) is 44.8 Å². The molecule has 1 aliphatic rings. The van der Waals surface area contributed by atoms with E-state index in [1.807, 2.05) is 6.07 Å². The Hall–Kier alpha value is -1.26. The average molecular weight is 264 g/mol. The van der Waals surface area contributed by atoms with E-state index >= 15 is 0 Å². The first-order chi connectivity index (χ1) is 9.31. The lowest BCUT2D eigenvalue weighted by molar-refractivity contribution is 0.107. The van der Waals surface area contributed by atoms with Crippen LogP contribution in [0.3, 0.4) is 0 Å². The van der Waals surface area contributed by atoms with Crippen LogP contribution in [0.5, 0.6) is 0 Å². The predicted octanol–water partition coefficient (Wildman–Crippen LogP) is 2.07. The average Bonchev–Trinajstić information content (AvgIpc) is 2.42. The summed E-state index contributed by atoms with van der Waals surface area (Å²) in [5.41, 5.74) is 9.38. The number of nitrogens with zero attached hydrogens (tertiary/aromatic N) is 1. The van der Waals surface area contributed by atoms with Crippen LogP contribution in [-0.2, 0) is 15.9 Å². The number of hydrogen-bond donors (Lipinski definition) is 1. The molecule has 0 saturated carbocycles. The summed E-state index contributed by atoms with van der Waals surface area (Å²) in [7, 11) is 1.72. The minimum absolute atomic E-state index is 0.770. The van der Waals surface area contributed by atoms with Crippen molar-refractivity contribution in [2.45, 2.75) is 19.3 Å². The summed E-state index contributed by atoms with van der Waals surface area (Å²) in [6.45, 7) is 4.37. The van der Waals surface area contributed by atoms with Gasteiger partial charge >= 0.3 is 0 Å². The standard InChI is InChI=1S/C15H24N2O2/c1-18-9-3-10-19-11-8-17-7-2-4-13-12-14(16)5-6-15(13)17/h5-6,12H,2-4,7-11,16H2,1H3. The molecule has 0 atom stereocenters. The molecular formula is C15H24N2O2. The Morgan fingerprint density at radius 2 is 2.16 bits per heavy atom. The molecule has 106 valence electrons. The zero-order chi connectivity index (χ0) is 13.5. The van der Waals surface area contributed by atoms with Gasteiger partial charge in [0.25, 0.3) is 0 Å². The lowest BCUT2D eigenvalue weighted by Gasteiger charge is -2.31. The maximum atomic E-state index is 5.84. The van der Waals surface area contributed by atoms with Crippen LogP contribution in [0.25, 0.3) is 0 Å². The van der Waals surface area contributed by atoms with Crippen LogP contribution in [0.2, 0.25) is 0 Å². The summed E-state index contributed by atoms with van der Waals surface area (Å²) < 4.78 is 10.6. The predicted molar refractivity (Wildman–Crippen MR) is 78.7 cm³/mol. The SMILES string of the molecule is COCCCOCCN1CCCc2cc(N)ccc21. The van der Waals surface area contributed by atoms with E-state index in [-0.39, 0.29) is 0 Å². The molecule has 0 saturated heterocycles. The van der Waals surface area contributed by atoms with Crippen LogP contribution in [0, 0.1) is 0 Å². The van der Waals surface area contributed by atoms with Crippen molar-refractivity contribution >= 4 is 11.4 Å². The second kappa shape index (κ2) is 7.36. The Morgan fingerprint density at radius 3 is 3.00 bits per heavy atom. The number of fused-ring (bicyclic) bond motifs is 1. The van der Waals surface area contributed by atoms with Crippen LogP contribution in [-0.4, -0.2) is 40.0 Å². The maximum absolute atomic E-state index is 5.84. The van der Waals surface area contributed by atoms with Gasteiger partial charge in [-0.15, -0.1) is 0 Å². The van der Waals surface area contributed by atoms with Crippen molar-refractivity contribution in [1.29, 1.82) is 0 Å². The van der Waals surface area contributed by atoms with Crippen molar-refractivity contribution in [3.05, 3.63) is 23.8 Å². The quantitative estimate of drug-likeness (QED) is 0.605. The van der Waals surface area contributed by atoms with Crippen molar-refractivity contribution in [2.75, 3.05) is 50.7 Å². The third-order valence-corrected chi connectivity index (χ3v) is 3.46. The van der Waals surface area contributed by atoms with Gasteiger partial charge in [0.05, 0.1) is 6.61 Å². The summed E-state index contributed by atoms with van der Waals surface area (Å²) in [5, 5.41) is 0. The summed E-state index contributed by atoms with van der Waals surface area (Å²) in [6.07, 6.45) is 3.29. The second-order valence-electron chi connectivity index (χ2n) is 4.94. The molecule has 0 radical (unpaired) electrons. The van der Waals surface area contributed by atoms with E-state index in [1.54, 1.807) is 7.11 Å². The van der Waals surface area contributed by atoms with E-state index in [9.17, 15) is 0 Å². The Labute approximate surface area is 115 Å². The van der Waals surface area contributed by atoms with Crippen LogP contribution in [0.15, 0.2) is 18.2 Å². The molecule has 0 spiro atoms. The molecule has 2 N–H and O–H groups in total. The van der Waals surface area contributed by atoms with Crippen LogP contribution >= 0.6 is 0 Å². The van der Waals surface area contributed by atoms with Gasteiger partial charge in [-0.2, -0.15) is 0 Å². The Balaban J connectivity index is 1.79. The van der Waals surface area contributed by atoms with E-state index in [0.717, 1.165) is 51.4 Å². The smallest absolute Gasteiger partial charge is 0.0641 e. The first-order valence-corrected chi connectivity index (χ1v) is 7.01. The number of rotatable bonds is 7. The second-order valence-corrected chi connectivity index (χ2v) is 4.94. The molecule has 19 heavy (non-hydrogen) atoms. The van der Waals surface area contributed by atoms with Crippen molar-refractivity contribution in [3.63, 3.8) is 0 Å². The number of nitrogen functional groups attached to an aromatic ring is 1. The number of hydrogen-bond acceptors (Lipinski definition) is 4. The number of benzene rings is 1. The zero-order valence-corrected chi connectivity index (χ0v) is 11.7. The van der Waals surface area contributed by atoms with Crippen molar-refractivity contribution < 1.29 is 9.47 Å². The maximum Gasteiger partial charge on any atom is 0.0641 e. The first-order valence-electron chi connectivity index (χ1n) is 7.01. The molecule has 0 fully saturated rings. The molecular weight excluding hydrogens is 240 g/mol. The van der Waals surface area contributed by atoms with Gasteiger partial charge in [-0.05, 0) is 43.0 Å². The molecule has 0 bridgehead atoms. The number of anilines is 2. The van der Waals surface area contributed by atoms with Crippen LogP contribution < -0.4 is 10.6 Å². The minimum Gasteiger partial charge on any atom is -0.399 e. The normalized spacial score (nSPS) is 14.5. The third-order valence-electron chi connectivity index (χ3n) is 3.46. The molecule has 1 aliphatic heterocycles. The van der Waals surface area contributed by atoms with Gasteiger partial charge in [-0.1, -0.05) is 0 Å². The third kappa shape index (κ3) is 4.11.